The molecule has 0 aliphatic heterocycles. The standard InChI is InChI=1S/C17H25N3S/c1-7-18-10-13-15(17(4,5)6)20-16(21-13)14-12(3)8-11(2)9-19-14/h8-9,18H,7,10H2,1-6H3. The molecule has 3 nitrogen and oxygen atoms in total. The highest BCUT2D eigenvalue weighted by Crippen LogP contribution is 2.34. The molecule has 0 atom stereocenters. The Labute approximate surface area is 131 Å². The van der Waals surface area contributed by atoms with Gasteiger partial charge in [-0.3, -0.25) is 4.98 Å². The molecule has 0 spiro atoms. The number of hydrogen-bond acceptors (Lipinski definition) is 4. The molecular formula is C17H25N3S. The third-order valence-electron chi connectivity index (χ3n) is 3.36. The Morgan fingerprint density at radius 2 is 1.95 bits per heavy atom. The van der Waals surface area contributed by atoms with Crippen molar-refractivity contribution in [1.82, 2.24) is 15.3 Å². The zero-order valence-electron chi connectivity index (χ0n) is 13.9. The van der Waals surface area contributed by atoms with Gasteiger partial charge in [-0.1, -0.05) is 33.8 Å². The zero-order chi connectivity index (χ0) is 15.6. The number of nitrogens with zero attached hydrogens (tertiary/aromatic N) is 2. The molecule has 2 heterocycles. The van der Waals surface area contributed by atoms with Crippen LogP contribution >= 0.6 is 11.3 Å². The minimum Gasteiger partial charge on any atom is -0.312 e. The van der Waals surface area contributed by atoms with Crippen LogP contribution in [0.5, 0.6) is 0 Å². The van der Waals surface area contributed by atoms with Crippen LogP contribution in [0.2, 0.25) is 0 Å². The molecule has 0 fully saturated rings. The molecule has 0 aromatic carbocycles. The minimum absolute atomic E-state index is 0.0537. The molecule has 0 amide bonds. The maximum Gasteiger partial charge on any atom is 0.142 e. The fourth-order valence-electron chi connectivity index (χ4n) is 2.34. The monoisotopic (exact) mass is 303 g/mol. The van der Waals surface area contributed by atoms with Crippen molar-refractivity contribution in [3.8, 4) is 10.7 Å². The van der Waals surface area contributed by atoms with E-state index in [1.54, 1.807) is 11.3 Å². The Morgan fingerprint density at radius 1 is 1.24 bits per heavy atom. The minimum atomic E-state index is 0.0537. The lowest BCUT2D eigenvalue weighted by molar-refractivity contribution is 0.561. The first-order valence-corrected chi connectivity index (χ1v) is 8.29. The van der Waals surface area contributed by atoms with Gasteiger partial charge in [-0.05, 0) is 31.5 Å². The number of pyridine rings is 1. The van der Waals surface area contributed by atoms with Crippen LogP contribution in [0.1, 0.15) is 49.4 Å². The van der Waals surface area contributed by atoms with Crippen LogP contribution in [-0.2, 0) is 12.0 Å². The largest absolute Gasteiger partial charge is 0.312 e. The van der Waals surface area contributed by atoms with Gasteiger partial charge >= 0.3 is 0 Å². The van der Waals surface area contributed by atoms with Crippen molar-refractivity contribution in [2.75, 3.05) is 6.54 Å². The van der Waals surface area contributed by atoms with E-state index in [0.717, 1.165) is 23.8 Å². The van der Waals surface area contributed by atoms with E-state index < -0.39 is 0 Å². The van der Waals surface area contributed by atoms with Gasteiger partial charge in [0.25, 0.3) is 0 Å². The Hall–Kier alpha value is -1.26. The summed E-state index contributed by atoms with van der Waals surface area (Å²) in [5.74, 6) is 0. The van der Waals surface area contributed by atoms with Crippen LogP contribution < -0.4 is 5.32 Å². The van der Waals surface area contributed by atoms with Crippen molar-refractivity contribution in [2.24, 2.45) is 0 Å². The molecule has 0 unspecified atom stereocenters. The van der Waals surface area contributed by atoms with Crippen LogP contribution in [0, 0.1) is 13.8 Å². The lowest BCUT2D eigenvalue weighted by Crippen LogP contribution is -2.18. The summed E-state index contributed by atoms with van der Waals surface area (Å²) in [7, 11) is 0. The van der Waals surface area contributed by atoms with Gasteiger partial charge in [0.05, 0.1) is 5.69 Å². The summed E-state index contributed by atoms with van der Waals surface area (Å²) in [5.41, 5.74) is 4.64. The summed E-state index contributed by atoms with van der Waals surface area (Å²) < 4.78 is 0. The maximum absolute atomic E-state index is 4.91. The normalized spacial score (nSPS) is 11.9. The molecule has 2 rings (SSSR count). The molecule has 0 saturated heterocycles. The van der Waals surface area contributed by atoms with Crippen LogP contribution in [0.4, 0.5) is 0 Å². The van der Waals surface area contributed by atoms with Crippen molar-refractivity contribution in [2.45, 2.75) is 53.5 Å². The molecular weight excluding hydrogens is 278 g/mol. The van der Waals surface area contributed by atoms with Crippen molar-refractivity contribution in [1.29, 1.82) is 0 Å². The summed E-state index contributed by atoms with van der Waals surface area (Å²) >= 11 is 1.76. The average Bonchev–Trinajstić information content (AvgIpc) is 2.80. The van der Waals surface area contributed by atoms with Gasteiger partial charge in [-0.2, -0.15) is 0 Å². The van der Waals surface area contributed by atoms with E-state index in [9.17, 15) is 0 Å². The second kappa shape index (κ2) is 6.24. The fraction of sp³-hybridized carbons (Fsp3) is 0.529. The highest BCUT2D eigenvalue weighted by molar-refractivity contribution is 7.15. The molecule has 0 saturated carbocycles. The van der Waals surface area contributed by atoms with Crippen molar-refractivity contribution < 1.29 is 0 Å². The summed E-state index contributed by atoms with van der Waals surface area (Å²) in [5, 5.41) is 4.45. The molecule has 2 aromatic rings. The topological polar surface area (TPSA) is 37.8 Å². The van der Waals surface area contributed by atoms with Crippen molar-refractivity contribution in [3.05, 3.63) is 34.0 Å². The molecule has 4 heteroatoms. The van der Waals surface area contributed by atoms with Gasteiger partial charge < -0.3 is 5.32 Å². The van der Waals surface area contributed by atoms with E-state index in [2.05, 4.69) is 57.9 Å². The van der Waals surface area contributed by atoms with E-state index in [1.165, 1.54) is 21.7 Å². The van der Waals surface area contributed by atoms with E-state index in [0.29, 0.717) is 0 Å². The van der Waals surface area contributed by atoms with Crippen LogP contribution in [0.3, 0.4) is 0 Å². The Morgan fingerprint density at radius 3 is 2.52 bits per heavy atom. The predicted octanol–water partition coefficient (Wildman–Crippen LogP) is 4.23. The van der Waals surface area contributed by atoms with Gasteiger partial charge in [-0.15, -0.1) is 11.3 Å². The van der Waals surface area contributed by atoms with E-state index >= 15 is 0 Å². The third-order valence-corrected chi connectivity index (χ3v) is 4.42. The molecule has 114 valence electrons. The smallest absolute Gasteiger partial charge is 0.142 e. The first-order valence-electron chi connectivity index (χ1n) is 7.47. The molecule has 0 bridgehead atoms. The summed E-state index contributed by atoms with van der Waals surface area (Å²) in [6.07, 6.45) is 1.92. The van der Waals surface area contributed by atoms with E-state index in [1.807, 2.05) is 6.20 Å². The van der Waals surface area contributed by atoms with Gasteiger partial charge in [0, 0.05) is 23.0 Å². The molecule has 2 aromatic heterocycles. The number of aryl methyl sites for hydroxylation is 2. The number of rotatable bonds is 4. The van der Waals surface area contributed by atoms with Crippen molar-refractivity contribution >= 4 is 11.3 Å². The molecule has 0 aliphatic rings. The van der Waals surface area contributed by atoms with Gasteiger partial charge in [0.2, 0.25) is 0 Å². The lowest BCUT2D eigenvalue weighted by Gasteiger charge is -2.17. The number of aromatic nitrogens is 2. The SMILES string of the molecule is CCNCc1sc(-c2ncc(C)cc2C)nc1C(C)(C)C. The Bertz CT molecular complexity index is 623. The van der Waals surface area contributed by atoms with Gasteiger partial charge in [0.1, 0.15) is 10.7 Å². The van der Waals surface area contributed by atoms with E-state index in [-0.39, 0.29) is 5.41 Å². The second-order valence-electron chi connectivity index (χ2n) is 6.50. The highest BCUT2D eigenvalue weighted by atomic mass is 32.1. The average molecular weight is 303 g/mol. The molecule has 21 heavy (non-hydrogen) atoms. The summed E-state index contributed by atoms with van der Waals surface area (Å²) in [6.45, 7) is 14.8. The van der Waals surface area contributed by atoms with Crippen LogP contribution in [0.15, 0.2) is 12.3 Å². The molecule has 0 radical (unpaired) electrons. The van der Waals surface area contributed by atoms with Crippen LogP contribution in [-0.4, -0.2) is 16.5 Å². The first kappa shape index (κ1) is 16.1. The zero-order valence-corrected chi connectivity index (χ0v) is 14.7. The lowest BCUT2D eigenvalue weighted by atomic mass is 9.91. The quantitative estimate of drug-likeness (QED) is 0.918. The fourth-order valence-corrected chi connectivity index (χ4v) is 3.64. The second-order valence-corrected chi connectivity index (χ2v) is 7.58. The predicted molar refractivity (Wildman–Crippen MR) is 90.9 cm³/mol. The number of thiazole rings is 1. The molecule has 0 aliphatic carbocycles. The number of nitrogens with one attached hydrogen (secondary N) is 1. The number of hydrogen-bond donors (Lipinski definition) is 1. The Kier molecular flexibility index (Phi) is 4.79. The summed E-state index contributed by atoms with van der Waals surface area (Å²) in [6, 6.07) is 2.17. The first-order chi connectivity index (χ1) is 9.82. The van der Waals surface area contributed by atoms with Crippen molar-refractivity contribution in [3.63, 3.8) is 0 Å². The van der Waals surface area contributed by atoms with Gasteiger partial charge in [-0.25, -0.2) is 4.98 Å². The highest BCUT2D eigenvalue weighted by Gasteiger charge is 2.24. The summed E-state index contributed by atoms with van der Waals surface area (Å²) in [4.78, 5) is 10.8. The maximum atomic E-state index is 4.91. The van der Waals surface area contributed by atoms with Gasteiger partial charge in [0.15, 0.2) is 0 Å². The molecule has 1 N–H and O–H groups in total. The third kappa shape index (κ3) is 3.69. The van der Waals surface area contributed by atoms with E-state index in [4.69, 9.17) is 4.98 Å². The van der Waals surface area contributed by atoms with Crippen LogP contribution in [0.25, 0.3) is 10.7 Å². The Balaban J connectivity index is 2.47.